The fourth-order valence-electron chi connectivity index (χ4n) is 2.37. The lowest BCUT2D eigenvalue weighted by molar-refractivity contribution is -0.142. The molecular weight excluding hydrogens is 240 g/mol. The van der Waals surface area contributed by atoms with Crippen molar-refractivity contribution < 1.29 is 9.53 Å². The van der Waals surface area contributed by atoms with E-state index >= 15 is 0 Å². The molecule has 0 bridgehead atoms. The molecule has 1 aliphatic heterocycles. The van der Waals surface area contributed by atoms with E-state index in [9.17, 15) is 4.79 Å². The zero-order chi connectivity index (χ0) is 14.6. The number of rotatable bonds is 4. The second-order valence-corrected chi connectivity index (χ2v) is 6.77. The Morgan fingerprint density at radius 1 is 1.32 bits per heavy atom. The number of hydrogen-bond acceptors (Lipinski definition) is 3. The van der Waals surface area contributed by atoms with Crippen LogP contribution >= 0.6 is 0 Å². The highest BCUT2D eigenvalue weighted by atomic mass is 16.5. The maximum Gasteiger partial charge on any atom is 0.248 e. The van der Waals surface area contributed by atoms with Crippen LogP contribution < -0.4 is 0 Å². The fraction of sp³-hybridized carbons (Fsp3) is 0.933. The summed E-state index contributed by atoms with van der Waals surface area (Å²) < 4.78 is 5.56. The van der Waals surface area contributed by atoms with Gasteiger partial charge in [0.15, 0.2) is 0 Å². The van der Waals surface area contributed by atoms with Crippen LogP contribution in [-0.2, 0) is 9.53 Å². The van der Waals surface area contributed by atoms with Crippen molar-refractivity contribution in [3.05, 3.63) is 0 Å². The topological polar surface area (TPSA) is 32.8 Å². The lowest BCUT2D eigenvalue weighted by Crippen LogP contribution is -2.48. The first kappa shape index (κ1) is 16.4. The Hall–Kier alpha value is -0.610. The summed E-state index contributed by atoms with van der Waals surface area (Å²) in [5, 5.41) is 0. The normalized spacial score (nSPS) is 18.9. The summed E-state index contributed by atoms with van der Waals surface area (Å²) in [5.74, 6) is 0.0953. The van der Waals surface area contributed by atoms with E-state index in [2.05, 4.69) is 18.7 Å². The number of amides is 1. The van der Waals surface area contributed by atoms with Crippen molar-refractivity contribution >= 4 is 5.91 Å². The van der Waals surface area contributed by atoms with E-state index in [0.717, 1.165) is 25.9 Å². The summed E-state index contributed by atoms with van der Waals surface area (Å²) in [7, 11) is 1.91. The van der Waals surface area contributed by atoms with Crippen molar-refractivity contribution in [2.75, 3.05) is 26.7 Å². The van der Waals surface area contributed by atoms with Gasteiger partial charge in [-0.05, 0) is 47.5 Å². The van der Waals surface area contributed by atoms with Gasteiger partial charge in [-0.15, -0.1) is 0 Å². The molecule has 1 aliphatic rings. The van der Waals surface area contributed by atoms with E-state index in [4.69, 9.17) is 4.74 Å². The molecule has 0 saturated carbocycles. The molecule has 1 fully saturated rings. The quantitative estimate of drug-likeness (QED) is 0.784. The molecule has 4 nitrogen and oxygen atoms in total. The van der Waals surface area contributed by atoms with Crippen LogP contribution in [0.15, 0.2) is 0 Å². The van der Waals surface area contributed by atoms with Crippen molar-refractivity contribution in [2.45, 2.75) is 65.1 Å². The standard InChI is InChI=1S/C15H30N2O2/c1-12(2)17-9-7-13(8-10-17)16(6)14(18)11-19-15(3,4)5/h12-13H,7-11H2,1-6H3. The van der Waals surface area contributed by atoms with Crippen LogP contribution in [0.3, 0.4) is 0 Å². The van der Waals surface area contributed by atoms with Crippen LogP contribution in [0, 0.1) is 0 Å². The van der Waals surface area contributed by atoms with E-state index in [1.807, 2.05) is 32.7 Å². The number of likely N-dealkylation sites (tertiary alicyclic amines) is 1. The minimum Gasteiger partial charge on any atom is -0.366 e. The molecule has 0 N–H and O–H groups in total. The molecule has 0 unspecified atom stereocenters. The molecule has 0 spiro atoms. The van der Waals surface area contributed by atoms with Gasteiger partial charge in [0.1, 0.15) is 6.61 Å². The minimum absolute atomic E-state index is 0.0953. The van der Waals surface area contributed by atoms with Crippen LogP contribution in [-0.4, -0.2) is 60.1 Å². The maximum atomic E-state index is 12.1. The SMILES string of the molecule is CC(C)N1CCC(N(C)C(=O)COC(C)(C)C)CC1. The van der Waals surface area contributed by atoms with Gasteiger partial charge >= 0.3 is 0 Å². The smallest absolute Gasteiger partial charge is 0.248 e. The first-order valence-electron chi connectivity index (χ1n) is 7.34. The van der Waals surface area contributed by atoms with Crippen LogP contribution in [0.1, 0.15) is 47.5 Å². The van der Waals surface area contributed by atoms with Crippen molar-refractivity contribution in [3.8, 4) is 0 Å². The molecule has 19 heavy (non-hydrogen) atoms. The summed E-state index contributed by atoms with van der Waals surface area (Å²) in [4.78, 5) is 16.4. The largest absolute Gasteiger partial charge is 0.366 e. The third kappa shape index (κ3) is 5.49. The van der Waals surface area contributed by atoms with E-state index in [-0.39, 0.29) is 18.1 Å². The van der Waals surface area contributed by atoms with Gasteiger partial charge in [-0.2, -0.15) is 0 Å². The summed E-state index contributed by atoms with van der Waals surface area (Å²) in [5.41, 5.74) is -0.252. The fourth-order valence-corrected chi connectivity index (χ4v) is 2.37. The Bertz CT molecular complexity index is 289. The Balaban J connectivity index is 2.38. The number of piperidine rings is 1. The van der Waals surface area contributed by atoms with Gasteiger partial charge in [0, 0.05) is 32.2 Å². The number of nitrogens with zero attached hydrogens (tertiary/aromatic N) is 2. The molecule has 0 aromatic heterocycles. The lowest BCUT2D eigenvalue weighted by atomic mass is 10.0. The molecule has 0 radical (unpaired) electrons. The molecule has 0 aromatic rings. The van der Waals surface area contributed by atoms with Gasteiger partial charge in [-0.25, -0.2) is 0 Å². The predicted molar refractivity (Wildman–Crippen MR) is 78.2 cm³/mol. The number of ether oxygens (including phenoxy) is 1. The van der Waals surface area contributed by atoms with Crippen molar-refractivity contribution in [3.63, 3.8) is 0 Å². The minimum atomic E-state index is -0.252. The molecule has 1 rings (SSSR count). The zero-order valence-corrected chi connectivity index (χ0v) is 13.4. The second-order valence-electron chi connectivity index (χ2n) is 6.77. The van der Waals surface area contributed by atoms with Crippen LogP contribution in [0.5, 0.6) is 0 Å². The third-order valence-corrected chi connectivity index (χ3v) is 3.80. The van der Waals surface area contributed by atoms with Crippen LogP contribution in [0.25, 0.3) is 0 Å². The number of carbonyl (C=O) groups is 1. The summed E-state index contributed by atoms with van der Waals surface area (Å²) in [6.45, 7) is 12.7. The molecule has 112 valence electrons. The highest BCUT2D eigenvalue weighted by Gasteiger charge is 2.26. The lowest BCUT2D eigenvalue weighted by Gasteiger charge is -2.38. The molecule has 1 amide bonds. The third-order valence-electron chi connectivity index (χ3n) is 3.80. The average molecular weight is 270 g/mol. The van der Waals surface area contributed by atoms with Gasteiger partial charge in [0.2, 0.25) is 5.91 Å². The van der Waals surface area contributed by atoms with E-state index in [0.29, 0.717) is 12.1 Å². The van der Waals surface area contributed by atoms with Gasteiger partial charge in [0.25, 0.3) is 0 Å². The average Bonchev–Trinajstić information content (AvgIpc) is 2.34. The molecule has 4 heteroatoms. The highest BCUT2D eigenvalue weighted by molar-refractivity contribution is 5.77. The van der Waals surface area contributed by atoms with Gasteiger partial charge in [-0.1, -0.05) is 0 Å². The number of likely N-dealkylation sites (N-methyl/N-ethyl adjacent to an activating group) is 1. The monoisotopic (exact) mass is 270 g/mol. The second kappa shape index (κ2) is 6.71. The van der Waals surface area contributed by atoms with Crippen molar-refractivity contribution in [1.29, 1.82) is 0 Å². The van der Waals surface area contributed by atoms with Crippen molar-refractivity contribution in [2.24, 2.45) is 0 Å². The molecule has 0 atom stereocenters. The number of carbonyl (C=O) groups excluding carboxylic acids is 1. The van der Waals surface area contributed by atoms with Gasteiger partial charge in [-0.3, -0.25) is 4.79 Å². The Morgan fingerprint density at radius 2 is 1.84 bits per heavy atom. The number of hydrogen-bond donors (Lipinski definition) is 0. The molecule has 0 aliphatic carbocycles. The zero-order valence-electron chi connectivity index (χ0n) is 13.4. The summed E-state index contributed by atoms with van der Waals surface area (Å²) in [6, 6.07) is 0.970. The summed E-state index contributed by atoms with van der Waals surface area (Å²) >= 11 is 0. The highest BCUT2D eigenvalue weighted by Crippen LogP contribution is 2.17. The first-order valence-corrected chi connectivity index (χ1v) is 7.34. The molecule has 1 saturated heterocycles. The van der Waals surface area contributed by atoms with Crippen LogP contribution in [0.4, 0.5) is 0 Å². The molecule has 0 aromatic carbocycles. The van der Waals surface area contributed by atoms with E-state index < -0.39 is 0 Å². The Morgan fingerprint density at radius 3 is 2.26 bits per heavy atom. The van der Waals surface area contributed by atoms with E-state index in [1.54, 1.807) is 0 Å². The van der Waals surface area contributed by atoms with Gasteiger partial charge in [0.05, 0.1) is 5.60 Å². The van der Waals surface area contributed by atoms with Crippen LogP contribution in [0.2, 0.25) is 0 Å². The summed E-state index contributed by atoms with van der Waals surface area (Å²) in [6.07, 6.45) is 2.13. The maximum absolute atomic E-state index is 12.1. The Labute approximate surface area is 118 Å². The van der Waals surface area contributed by atoms with Crippen molar-refractivity contribution in [1.82, 2.24) is 9.80 Å². The predicted octanol–water partition coefficient (Wildman–Crippen LogP) is 2.13. The van der Waals surface area contributed by atoms with Gasteiger partial charge < -0.3 is 14.5 Å². The van der Waals surface area contributed by atoms with E-state index in [1.165, 1.54) is 0 Å². The Kier molecular flexibility index (Phi) is 5.81. The molecular formula is C15H30N2O2. The first-order chi connectivity index (χ1) is 8.70. The molecule has 1 heterocycles.